The van der Waals surface area contributed by atoms with Crippen LogP contribution in [0.4, 0.5) is 0 Å². The lowest BCUT2D eigenvalue weighted by atomic mass is 9.95. The Morgan fingerprint density at radius 2 is 2.06 bits per heavy atom. The number of ether oxygens (including phenoxy) is 1. The van der Waals surface area contributed by atoms with E-state index >= 15 is 0 Å². The molecule has 0 heterocycles. The molecule has 1 aromatic carbocycles. The van der Waals surface area contributed by atoms with Crippen LogP contribution in [-0.4, -0.2) is 23.6 Å². The fourth-order valence-electron chi connectivity index (χ4n) is 1.06. The smallest absolute Gasteiger partial charge is 0.312 e. The first-order chi connectivity index (χ1) is 7.83. The van der Waals surface area contributed by atoms with E-state index < -0.39 is 17.3 Å². The molecule has 0 aliphatic carbocycles. The van der Waals surface area contributed by atoms with Crippen molar-refractivity contribution in [1.82, 2.24) is 0 Å². The van der Waals surface area contributed by atoms with Crippen molar-refractivity contribution in [3.63, 3.8) is 0 Å². The van der Waals surface area contributed by atoms with E-state index in [4.69, 9.17) is 15.6 Å². The van der Waals surface area contributed by atoms with Crippen molar-refractivity contribution in [1.29, 1.82) is 0 Å². The van der Waals surface area contributed by atoms with E-state index in [2.05, 4.69) is 0 Å². The molecule has 1 rings (SSSR count). The standard InChI is InChI=1S/C12H15NO4/c1-12(2,11(15)16)7-17-9-5-3-4-8(6-9)10(13)14/h3-6H,7H2,1-2H3,(H2,13,14)(H,15,16). The highest BCUT2D eigenvalue weighted by atomic mass is 16.5. The molecule has 0 saturated carbocycles. The quantitative estimate of drug-likeness (QED) is 0.807. The van der Waals surface area contributed by atoms with Crippen LogP contribution in [-0.2, 0) is 4.79 Å². The van der Waals surface area contributed by atoms with Crippen LogP contribution in [0.1, 0.15) is 24.2 Å². The summed E-state index contributed by atoms with van der Waals surface area (Å²) in [6.07, 6.45) is 0. The van der Waals surface area contributed by atoms with Crippen molar-refractivity contribution in [2.45, 2.75) is 13.8 Å². The van der Waals surface area contributed by atoms with Gasteiger partial charge in [0.1, 0.15) is 12.4 Å². The van der Waals surface area contributed by atoms with E-state index in [1.807, 2.05) is 0 Å². The predicted molar refractivity (Wildman–Crippen MR) is 61.9 cm³/mol. The first-order valence-corrected chi connectivity index (χ1v) is 5.09. The Bertz CT molecular complexity index is 440. The number of benzene rings is 1. The van der Waals surface area contributed by atoms with Crippen LogP contribution in [0.15, 0.2) is 24.3 Å². The molecule has 1 amide bonds. The van der Waals surface area contributed by atoms with Gasteiger partial charge in [-0.1, -0.05) is 6.07 Å². The summed E-state index contributed by atoms with van der Waals surface area (Å²) in [7, 11) is 0. The topological polar surface area (TPSA) is 89.6 Å². The SMILES string of the molecule is CC(C)(COc1cccc(C(N)=O)c1)C(=O)O. The molecular formula is C12H15NO4. The average molecular weight is 237 g/mol. The summed E-state index contributed by atoms with van der Waals surface area (Å²) in [5, 5.41) is 8.91. The minimum absolute atomic E-state index is 0.0184. The monoisotopic (exact) mass is 237 g/mol. The molecule has 0 radical (unpaired) electrons. The number of carboxylic acids is 1. The van der Waals surface area contributed by atoms with Crippen LogP contribution in [0.3, 0.4) is 0 Å². The maximum atomic E-state index is 10.9. The molecule has 5 nitrogen and oxygen atoms in total. The van der Waals surface area contributed by atoms with Crippen LogP contribution < -0.4 is 10.5 Å². The molecule has 0 aliphatic heterocycles. The second-order valence-electron chi connectivity index (χ2n) is 4.37. The van der Waals surface area contributed by atoms with Crippen LogP contribution in [0.2, 0.25) is 0 Å². The molecule has 1 aromatic rings. The largest absolute Gasteiger partial charge is 0.492 e. The number of carbonyl (C=O) groups is 2. The zero-order valence-electron chi connectivity index (χ0n) is 9.77. The molecule has 3 N–H and O–H groups in total. The minimum Gasteiger partial charge on any atom is -0.492 e. The molecule has 0 bridgehead atoms. The molecular weight excluding hydrogens is 222 g/mol. The lowest BCUT2D eigenvalue weighted by Gasteiger charge is -2.19. The Labute approximate surface area is 99.2 Å². The number of carboxylic acid groups (broad SMARTS) is 1. The number of nitrogens with two attached hydrogens (primary N) is 1. The lowest BCUT2D eigenvalue weighted by Crippen LogP contribution is -2.30. The van der Waals surface area contributed by atoms with E-state index in [0.29, 0.717) is 11.3 Å². The third-order valence-corrected chi connectivity index (χ3v) is 2.30. The van der Waals surface area contributed by atoms with Crippen LogP contribution in [0, 0.1) is 5.41 Å². The van der Waals surface area contributed by atoms with Gasteiger partial charge in [0.15, 0.2) is 0 Å². The minimum atomic E-state index is -0.983. The Balaban J connectivity index is 2.73. The highest BCUT2D eigenvalue weighted by Crippen LogP contribution is 2.19. The van der Waals surface area contributed by atoms with Crippen molar-refractivity contribution < 1.29 is 19.4 Å². The van der Waals surface area contributed by atoms with E-state index in [9.17, 15) is 9.59 Å². The molecule has 0 spiro atoms. The maximum absolute atomic E-state index is 10.9. The molecule has 17 heavy (non-hydrogen) atoms. The van der Waals surface area contributed by atoms with Gasteiger partial charge in [0.25, 0.3) is 0 Å². The summed E-state index contributed by atoms with van der Waals surface area (Å²) in [6, 6.07) is 6.32. The zero-order chi connectivity index (χ0) is 13.1. The number of aliphatic carboxylic acids is 1. The van der Waals surface area contributed by atoms with E-state index in [1.165, 1.54) is 6.07 Å². The number of rotatable bonds is 5. The Morgan fingerprint density at radius 3 is 2.59 bits per heavy atom. The van der Waals surface area contributed by atoms with Gasteiger partial charge < -0.3 is 15.6 Å². The van der Waals surface area contributed by atoms with Gasteiger partial charge in [-0.2, -0.15) is 0 Å². The fraction of sp³-hybridized carbons (Fsp3) is 0.333. The van der Waals surface area contributed by atoms with Crippen molar-refractivity contribution in [2.75, 3.05) is 6.61 Å². The van der Waals surface area contributed by atoms with Crippen molar-refractivity contribution in [3.05, 3.63) is 29.8 Å². The van der Waals surface area contributed by atoms with Gasteiger partial charge in [-0.15, -0.1) is 0 Å². The van der Waals surface area contributed by atoms with Crippen molar-refractivity contribution in [3.8, 4) is 5.75 Å². The maximum Gasteiger partial charge on any atom is 0.312 e. The lowest BCUT2D eigenvalue weighted by molar-refractivity contribution is -0.148. The Kier molecular flexibility index (Phi) is 3.73. The van der Waals surface area contributed by atoms with Crippen molar-refractivity contribution >= 4 is 11.9 Å². The highest BCUT2D eigenvalue weighted by Gasteiger charge is 2.28. The average Bonchev–Trinajstić information content (AvgIpc) is 2.26. The number of hydrogen-bond acceptors (Lipinski definition) is 3. The van der Waals surface area contributed by atoms with Gasteiger partial charge in [0.2, 0.25) is 5.91 Å². The normalized spacial score (nSPS) is 10.9. The van der Waals surface area contributed by atoms with Gasteiger partial charge >= 0.3 is 5.97 Å². The molecule has 0 saturated heterocycles. The number of carbonyl (C=O) groups excluding carboxylic acids is 1. The fourth-order valence-corrected chi connectivity index (χ4v) is 1.06. The predicted octanol–water partition coefficient (Wildman–Crippen LogP) is 1.28. The third kappa shape index (κ3) is 3.48. The van der Waals surface area contributed by atoms with Gasteiger partial charge in [0.05, 0.1) is 5.41 Å². The number of hydrogen-bond donors (Lipinski definition) is 2. The first-order valence-electron chi connectivity index (χ1n) is 5.09. The van der Waals surface area contributed by atoms with Crippen LogP contribution in [0.5, 0.6) is 5.75 Å². The second kappa shape index (κ2) is 4.86. The van der Waals surface area contributed by atoms with Crippen LogP contribution in [0.25, 0.3) is 0 Å². The summed E-state index contributed by atoms with van der Waals surface area (Å²) in [4.78, 5) is 21.8. The Morgan fingerprint density at radius 1 is 1.41 bits per heavy atom. The summed E-state index contributed by atoms with van der Waals surface area (Å²) in [5.74, 6) is -1.06. The first kappa shape index (κ1) is 13.0. The highest BCUT2D eigenvalue weighted by molar-refractivity contribution is 5.93. The number of amides is 1. The van der Waals surface area contributed by atoms with Crippen molar-refractivity contribution in [2.24, 2.45) is 11.1 Å². The van der Waals surface area contributed by atoms with E-state index in [0.717, 1.165) is 0 Å². The van der Waals surface area contributed by atoms with Gasteiger partial charge in [-0.25, -0.2) is 0 Å². The van der Waals surface area contributed by atoms with Gasteiger partial charge in [-0.05, 0) is 32.0 Å². The summed E-state index contributed by atoms with van der Waals surface area (Å²) in [5.41, 5.74) is 4.47. The third-order valence-electron chi connectivity index (χ3n) is 2.30. The molecule has 5 heteroatoms. The van der Waals surface area contributed by atoms with Gasteiger partial charge in [-0.3, -0.25) is 9.59 Å². The molecule has 92 valence electrons. The second-order valence-corrected chi connectivity index (χ2v) is 4.37. The molecule has 0 fully saturated rings. The summed E-state index contributed by atoms with van der Waals surface area (Å²) < 4.78 is 5.33. The van der Waals surface area contributed by atoms with E-state index in [1.54, 1.807) is 32.0 Å². The van der Waals surface area contributed by atoms with Gasteiger partial charge in [0, 0.05) is 5.56 Å². The summed E-state index contributed by atoms with van der Waals surface area (Å²) in [6.45, 7) is 3.14. The van der Waals surface area contributed by atoms with E-state index in [-0.39, 0.29) is 6.61 Å². The molecule has 0 aromatic heterocycles. The number of primary amides is 1. The zero-order valence-corrected chi connectivity index (χ0v) is 9.77. The molecule has 0 atom stereocenters. The van der Waals surface area contributed by atoms with Crippen LogP contribution >= 0.6 is 0 Å². The molecule has 0 unspecified atom stereocenters. The summed E-state index contributed by atoms with van der Waals surface area (Å²) >= 11 is 0. The Hall–Kier alpha value is -2.04. The molecule has 0 aliphatic rings.